The summed E-state index contributed by atoms with van der Waals surface area (Å²) in [7, 11) is 0. The van der Waals surface area contributed by atoms with Gasteiger partial charge in [-0.2, -0.15) is 0 Å². The molecule has 1 aliphatic heterocycles. The highest BCUT2D eigenvalue weighted by atomic mass is 19.1. The van der Waals surface area contributed by atoms with Gasteiger partial charge in [0.2, 0.25) is 11.8 Å². The summed E-state index contributed by atoms with van der Waals surface area (Å²) in [6, 6.07) is 8.88. The van der Waals surface area contributed by atoms with Crippen LogP contribution >= 0.6 is 0 Å². The van der Waals surface area contributed by atoms with E-state index in [1.807, 2.05) is 12.2 Å². The van der Waals surface area contributed by atoms with Crippen LogP contribution in [0.15, 0.2) is 54.6 Å². The normalized spacial score (nSPS) is 20.8. The first-order chi connectivity index (χ1) is 13.9. The molecule has 0 aromatic heterocycles. The number of halogens is 2. The molecule has 0 radical (unpaired) electrons. The molecule has 1 fully saturated rings. The number of allylic oxidation sites excluding steroid dienone is 2. The second kappa shape index (κ2) is 7.46. The van der Waals surface area contributed by atoms with Crippen LogP contribution in [0.4, 0.5) is 20.2 Å². The summed E-state index contributed by atoms with van der Waals surface area (Å²) in [5, 5.41) is 3.52. The molecule has 6 nitrogen and oxygen atoms in total. The first-order valence-electron chi connectivity index (χ1n) is 9.10. The summed E-state index contributed by atoms with van der Waals surface area (Å²) in [6.07, 6.45) is 4.78. The van der Waals surface area contributed by atoms with Crippen molar-refractivity contribution in [2.24, 2.45) is 11.8 Å². The Labute approximate surface area is 165 Å². The highest BCUT2D eigenvalue weighted by Crippen LogP contribution is 2.32. The lowest BCUT2D eigenvalue weighted by atomic mass is 9.80. The molecule has 2 atom stereocenters. The van der Waals surface area contributed by atoms with Crippen molar-refractivity contribution in [3.05, 3.63) is 71.8 Å². The van der Waals surface area contributed by atoms with Crippen LogP contribution in [0.2, 0.25) is 0 Å². The van der Waals surface area contributed by atoms with Gasteiger partial charge in [0.1, 0.15) is 11.6 Å². The average molecular weight is 397 g/mol. The van der Waals surface area contributed by atoms with Gasteiger partial charge in [0, 0.05) is 11.6 Å². The van der Waals surface area contributed by atoms with Gasteiger partial charge >= 0.3 is 0 Å². The van der Waals surface area contributed by atoms with Crippen LogP contribution in [0.5, 0.6) is 0 Å². The monoisotopic (exact) mass is 397 g/mol. The molecule has 1 aliphatic carbocycles. The lowest BCUT2D eigenvalue weighted by Gasteiger charge is -2.38. The number of fused-ring (bicyclic) bond motifs is 1. The molecule has 0 spiro atoms. The molecule has 2 unspecified atom stereocenters. The Hall–Kier alpha value is -3.55. The Kier molecular flexibility index (Phi) is 4.84. The van der Waals surface area contributed by atoms with Gasteiger partial charge in [0.05, 0.1) is 23.2 Å². The molecule has 1 heterocycles. The molecular weight excluding hydrogens is 380 g/mol. The number of nitrogens with one attached hydrogen (secondary N) is 2. The largest absolute Gasteiger partial charge is 0.319 e. The first-order valence-corrected chi connectivity index (χ1v) is 9.10. The first kappa shape index (κ1) is 18.8. The number of hydrogen-bond acceptors (Lipinski definition) is 3. The molecule has 2 N–H and O–H groups in total. The summed E-state index contributed by atoms with van der Waals surface area (Å²) in [5.74, 6) is -3.62. The van der Waals surface area contributed by atoms with Crippen molar-refractivity contribution >= 4 is 29.1 Å². The number of benzene rings is 2. The zero-order valence-corrected chi connectivity index (χ0v) is 15.2. The maximum atomic E-state index is 13.8. The number of hydrazine groups is 1. The Balaban J connectivity index is 1.57. The van der Waals surface area contributed by atoms with Crippen LogP contribution in [-0.2, 0) is 9.59 Å². The van der Waals surface area contributed by atoms with Crippen LogP contribution in [0.25, 0.3) is 0 Å². The van der Waals surface area contributed by atoms with Gasteiger partial charge in [0.25, 0.3) is 5.91 Å². The Morgan fingerprint density at radius 1 is 1.03 bits per heavy atom. The van der Waals surface area contributed by atoms with Gasteiger partial charge in [-0.15, -0.1) is 0 Å². The number of nitrogens with zero attached hydrogens (tertiary/aromatic N) is 1. The van der Waals surface area contributed by atoms with Gasteiger partial charge in [-0.05, 0) is 43.2 Å². The molecule has 8 heteroatoms. The fourth-order valence-corrected chi connectivity index (χ4v) is 3.55. The molecule has 0 saturated carbocycles. The number of hydrogen-bond donors (Lipinski definition) is 2. The smallest absolute Gasteiger partial charge is 0.255 e. The predicted molar refractivity (Wildman–Crippen MR) is 102 cm³/mol. The van der Waals surface area contributed by atoms with E-state index in [2.05, 4.69) is 10.7 Å². The van der Waals surface area contributed by atoms with Crippen molar-refractivity contribution in [3.8, 4) is 0 Å². The van der Waals surface area contributed by atoms with Crippen LogP contribution < -0.4 is 15.8 Å². The summed E-state index contributed by atoms with van der Waals surface area (Å²) in [5.41, 5.74) is 2.90. The van der Waals surface area contributed by atoms with E-state index < -0.39 is 29.4 Å². The lowest BCUT2D eigenvalue weighted by Crippen LogP contribution is -2.59. The minimum atomic E-state index is -0.899. The van der Waals surface area contributed by atoms with E-state index in [0.29, 0.717) is 24.6 Å². The summed E-state index contributed by atoms with van der Waals surface area (Å²) < 4.78 is 26.8. The van der Waals surface area contributed by atoms with Gasteiger partial charge in [-0.3, -0.25) is 19.8 Å². The van der Waals surface area contributed by atoms with E-state index in [4.69, 9.17) is 0 Å². The Morgan fingerprint density at radius 3 is 2.55 bits per heavy atom. The third kappa shape index (κ3) is 3.61. The molecule has 4 rings (SSSR count). The summed E-state index contributed by atoms with van der Waals surface area (Å²) in [4.78, 5) is 37.7. The highest BCUT2D eigenvalue weighted by Gasteiger charge is 2.42. The SMILES string of the molecule is O=C(Nc1ccc(F)cc1F)c1cccc(N2NC(=O)C3CC=CCC3C2=O)c1. The summed E-state index contributed by atoms with van der Waals surface area (Å²) >= 11 is 0. The van der Waals surface area contributed by atoms with Crippen molar-refractivity contribution in [2.75, 3.05) is 10.3 Å². The number of anilines is 2. The summed E-state index contributed by atoms with van der Waals surface area (Å²) in [6.45, 7) is 0. The van der Waals surface area contributed by atoms with E-state index in [1.165, 1.54) is 12.1 Å². The van der Waals surface area contributed by atoms with E-state index in [1.54, 1.807) is 12.1 Å². The maximum Gasteiger partial charge on any atom is 0.255 e. The minimum Gasteiger partial charge on any atom is -0.319 e. The molecular formula is C21H17F2N3O3. The molecule has 148 valence electrons. The minimum absolute atomic E-state index is 0.152. The van der Waals surface area contributed by atoms with Crippen molar-refractivity contribution in [2.45, 2.75) is 12.8 Å². The third-order valence-corrected chi connectivity index (χ3v) is 5.07. The Morgan fingerprint density at radius 2 is 1.79 bits per heavy atom. The Bertz CT molecular complexity index is 1040. The predicted octanol–water partition coefficient (Wildman–Crippen LogP) is 3.18. The van der Waals surface area contributed by atoms with Gasteiger partial charge in [0.15, 0.2) is 0 Å². The van der Waals surface area contributed by atoms with E-state index in [0.717, 1.165) is 17.1 Å². The van der Waals surface area contributed by atoms with E-state index in [9.17, 15) is 23.2 Å². The molecule has 2 aromatic carbocycles. The fourth-order valence-electron chi connectivity index (χ4n) is 3.55. The van der Waals surface area contributed by atoms with Crippen LogP contribution in [-0.4, -0.2) is 17.7 Å². The second-order valence-corrected chi connectivity index (χ2v) is 6.93. The topological polar surface area (TPSA) is 78.5 Å². The average Bonchev–Trinajstić information content (AvgIpc) is 2.73. The number of rotatable bonds is 3. The number of amides is 3. The molecule has 3 amide bonds. The second-order valence-electron chi connectivity index (χ2n) is 6.93. The number of carbonyl (C=O) groups is 3. The third-order valence-electron chi connectivity index (χ3n) is 5.07. The molecule has 0 bridgehead atoms. The molecule has 2 aliphatic rings. The quantitative estimate of drug-likeness (QED) is 0.781. The lowest BCUT2D eigenvalue weighted by molar-refractivity contribution is -0.139. The molecule has 29 heavy (non-hydrogen) atoms. The fraction of sp³-hybridized carbons (Fsp3) is 0.190. The standard InChI is InChI=1S/C21H17F2N3O3/c22-13-8-9-18(17(23)11-13)24-19(27)12-4-3-5-14(10-12)26-21(29)16-7-2-1-6-15(16)20(28)25-26/h1-5,8-11,15-16H,6-7H2,(H,24,27)(H,25,28). The van der Waals surface area contributed by atoms with Crippen molar-refractivity contribution in [1.29, 1.82) is 0 Å². The van der Waals surface area contributed by atoms with E-state index >= 15 is 0 Å². The maximum absolute atomic E-state index is 13.8. The molecule has 2 aromatic rings. The highest BCUT2D eigenvalue weighted by molar-refractivity contribution is 6.07. The number of carbonyl (C=O) groups excluding carboxylic acids is 3. The van der Waals surface area contributed by atoms with Gasteiger partial charge < -0.3 is 5.32 Å². The van der Waals surface area contributed by atoms with Crippen molar-refractivity contribution in [1.82, 2.24) is 5.43 Å². The zero-order chi connectivity index (χ0) is 20.5. The van der Waals surface area contributed by atoms with Crippen LogP contribution in [0, 0.1) is 23.5 Å². The van der Waals surface area contributed by atoms with Crippen molar-refractivity contribution in [3.63, 3.8) is 0 Å². The van der Waals surface area contributed by atoms with Crippen molar-refractivity contribution < 1.29 is 23.2 Å². The molecule has 1 saturated heterocycles. The zero-order valence-electron chi connectivity index (χ0n) is 15.2. The van der Waals surface area contributed by atoms with Gasteiger partial charge in [-0.25, -0.2) is 13.8 Å². The van der Waals surface area contributed by atoms with Gasteiger partial charge in [-0.1, -0.05) is 18.2 Å². The van der Waals surface area contributed by atoms with Crippen LogP contribution in [0.3, 0.4) is 0 Å². The van der Waals surface area contributed by atoms with E-state index in [-0.39, 0.29) is 23.1 Å². The van der Waals surface area contributed by atoms with Crippen LogP contribution in [0.1, 0.15) is 23.2 Å².